The Morgan fingerprint density at radius 3 is 2.50 bits per heavy atom. The van der Waals surface area contributed by atoms with Crippen LogP contribution in [-0.2, 0) is 20.9 Å². The van der Waals surface area contributed by atoms with Gasteiger partial charge in [-0.15, -0.1) is 0 Å². The molecule has 0 aromatic heterocycles. The van der Waals surface area contributed by atoms with Gasteiger partial charge in [0.25, 0.3) is 11.1 Å². The minimum Gasteiger partial charge on any atom is -0.490 e. The minimum atomic E-state index is -0.620. The van der Waals surface area contributed by atoms with Crippen LogP contribution in [0.15, 0.2) is 83.8 Å². The van der Waals surface area contributed by atoms with Crippen LogP contribution in [0, 0.1) is 0 Å². The summed E-state index contributed by atoms with van der Waals surface area (Å²) < 4.78 is 17.0. The van der Waals surface area contributed by atoms with Crippen molar-refractivity contribution in [3.05, 3.63) is 105 Å². The molecular weight excluding hydrogens is 628 g/mol. The molecule has 0 atom stereocenters. The molecule has 46 heavy (non-hydrogen) atoms. The van der Waals surface area contributed by atoms with E-state index in [2.05, 4.69) is 29.6 Å². The lowest BCUT2D eigenvalue weighted by Gasteiger charge is -2.14. The van der Waals surface area contributed by atoms with E-state index in [1.165, 1.54) is 18.2 Å². The van der Waals surface area contributed by atoms with Crippen molar-refractivity contribution >= 4 is 68.9 Å². The molecule has 0 aliphatic carbocycles. The number of carbonyl (C=O) groups excluding carboxylic acids is 4. The number of imide groups is 1. The van der Waals surface area contributed by atoms with Crippen LogP contribution in [0.1, 0.15) is 41.8 Å². The zero-order chi connectivity index (χ0) is 32.6. The molecule has 1 aliphatic rings. The average molecular weight is 659 g/mol. The maximum atomic E-state index is 13.1. The zero-order valence-electron chi connectivity index (χ0n) is 25.2. The molecule has 3 amide bonds. The molecule has 4 aromatic rings. The lowest BCUT2D eigenvalue weighted by Crippen LogP contribution is -2.36. The zero-order valence-corrected chi connectivity index (χ0v) is 26.8. The molecule has 0 unspecified atom stereocenters. The maximum Gasteiger partial charge on any atom is 0.339 e. The van der Waals surface area contributed by atoms with Gasteiger partial charge in [0.05, 0.1) is 28.7 Å². The summed E-state index contributed by atoms with van der Waals surface area (Å²) in [5.74, 6) is -0.793. The van der Waals surface area contributed by atoms with Gasteiger partial charge >= 0.3 is 5.97 Å². The molecule has 1 saturated heterocycles. The SMILES string of the molecule is CCCOC(=O)c1cc(NC(=O)CN2C(=O)S/C(=C/c3ccc(OCc4ccc5ccccc5c4)c(OCC)c3)C2=O)ccc1Cl. The summed E-state index contributed by atoms with van der Waals surface area (Å²) in [5, 5.41) is 4.47. The Kier molecular flexibility index (Phi) is 10.6. The fourth-order valence-electron chi connectivity index (χ4n) is 4.66. The molecule has 236 valence electrons. The third kappa shape index (κ3) is 7.88. The second kappa shape index (κ2) is 15.0. The normalized spacial score (nSPS) is 13.7. The summed E-state index contributed by atoms with van der Waals surface area (Å²) in [6.07, 6.45) is 2.22. The van der Waals surface area contributed by atoms with E-state index in [-0.39, 0.29) is 27.8 Å². The number of hydrogen-bond acceptors (Lipinski definition) is 8. The number of benzene rings is 4. The van der Waals surface area contributed by atoms with Gasteiger partial charge in [-0.1, -0.05) is 61.0 Å². The molecule has 1 fully saturated rings. The van der Waals surface area contributed by atoms with Gasteiger partial charge in [0.1, 0.15) is 13.2 Å². The van der Waals surface area contributed by atoms with Crippen LogP contribution in [0.25, 0.3) is 16.8 Å². The molecule has 5 rings (SSSR count). The first kappa shape index (κ1) is 32.6. The molecule has 1 N–H and O–H groups in total. The number of hydrogen-bond donors (Lipinski definition) is 1. The summed E-state index contributed by atoms with van der Waals surface area (Å²) in [7, 11) is 0. The van der Waals surface area contributed by atoms with Gasteiger partial charge in [0.2, 0.25) is 5.91 Å². The van der Waals surface area contributed by atoms with Gasteiger partial charge in [0.15, 0.2) is 11.5 Å². The van der Waals surface area contributed by atoms with Gasteiger partial charge in [-0.3, -0.25) is 19.3 Å². The largest absolute Gasteiger partial charge is 0.490 e. The van der Waals surface area contributed by atoms with Crippen LogP contribution in [0.2, 0.25) is 5.02 Å². The van der Waals surface area contributed by atoms with Crippen molar-refractivity contribution in [2.45, 2.75) is 26.9 Å². The molecule has 9 nitrogen and oxygen atoms in total. The lowest BCUT2D eigenvalue weighted by molar-refractivity contribution is -0.127. The van der Waals surface area contributed by atoms with Gasteiger partial charge in [0, 0.05) is 5.69 Å². The molecule has 1 aliphatic heterocycles. The van der Waals surface area contributed by atoms with Crippen LogP contribution < -0.4 is 14.8 Å². The second-order valence-corrected chi connectivity index (χ2v) is 11.7. The number of anilines is 1. The van der Waals surface area contributed by atoms with Crippen molar-refractivity contribution in [3.63, 3.8) is 0 Å². The summed E-state index contributed by atoms with van der Waals surface area (Å²) in [4.78, 5) is 51.9. The molecule has 11 heteroatoms. The van der Waals surface area contributed by atoms with E-state index in [9.17, 15) is 19.2 Å². The minimum absolute atomic E-state index is 0.0959. The Morgan fingerprint density at radius 2 is 1.72 bits per heavy atom. The van der Waals surface area contributed by atoms with E-state index in [1.807, 2.05) is 32.0 Å². The van der Waals surface area contributed by atoms with Crippen molar-refractivity contribution in [1.29, 1.82) is 0 Å². The smallest absolute Gasteiger partial charge is 0.339 e. The maximum absolute atomic E-state index is 13.1. The van der Waals surface area contributed by atoms with E-state index >= 15 is 0 Å². The Morgan fingerprint density at radius 1 is 0.913 bits per heavy atom. The molecule has 0 spiro atoms. The van der Waals surface area contributed by atoms with Crippen LogP contribution in [0.4, 0.5) is 10.5 Å². The number of rotatable bonds is 12. The van der Waals surface area contributed by atoms with Gasteiger partial charge in [-0.05, 0) is 89.5 Å². The van der Waals surface area contributed by atoms with Crippen molar-refractivity contribution in [2.24, 2.45) is 0 Å². The molecular formula is C35H31ClN2O7S. The molecule has 4 aromatic carbocycles. The number of ether oxygens (including phenoxy) is 3. The van der Waals surface area contributed by atoms with Crippen LogP contribution in [-0.4, -0.2) is 47.7 Å². The van der Waals surface area contributed by atoms with E-state index in [1.54, 1.807) is 24.3 Å². The Labute approximate surface area is 275 Å². The number of halogens is 1. The van der Waals surface area contributed by atoms with Gasteiger partial charge < -0.3 is 19.5 Å². The van der Waals surface area contributed by atoms with Crippen molar-refractivity contribution < 1.29 is 33.4 Å². The summed E-state index contributed by atoms with van der Waals surface area (Å²) in [5.41, 5.74) is 2.00. The van der Waals surface area contributed by atoms with E-state index in [0.29, 0.717) is 36.7 Å². The van der Waals surface area contributed by atoms with Crippen molar-refractivity contribution in [3.8, 4) is 11.5 Å². The first-order chi connectivity index (χ1) is 22.2. The summed E-state index contributed by atoms with van der Waals surface area (Å²) in [6, 6.07) is 23.9. The predicted octanol–water partition coefficient (Wildman–Crippen LogP) is 7.71. The van der Waals surface area contributed by atoms with Crippen LogP contribution in [0.5, 0.6) is 11.5 Å². The molecule has 0 bridgehead atoms. The number of fused-ring (bicyclic) bond motifs is 1. The monoisotopic (exact) mass is 658 g/mol. The Balaban J connectivity index is 1.24. The van der Waals surface area contributed by atoms with E-state index in [0.717, 1.165) is 33.0 Å². The summed E-state index contributed by atoms with van der Waals surface area (Å²) in [6.45, 7) is 4.19. The highest BCUT2D eigenvalue weighted by atomic mass is 35.5. The Hall–Kier alpha value is -4.80. The van der Waals surface area contributed by atoms with Crippen molar-refractivity contribution in [1.82, 2.24) is 4.90 Å². The third-order valence-electron chi connectivity index (χ3n) is 6.86. The van der Waals surface area contributed by atoms with Crippen LogP contribution in [0.3, 0.4) is 0 Å². The highest BCUT2D eigenvalue weighted by molar-refractivity contribution is 8.18. The first-order valence-corrected chi connectivity index (χ1v) is 15.8. The number of nitrogens with zero attached hydrogens (tertiary/aromatic N) is 1. The standard InChI is InChI=1S/C35H31ClN2O7S/c1-3-15-44-34(41)27-19-26(12-13-28(27)36)37-32(39)20-38-33(40)31(46-35(38)42)18-22-10-14-29(30(17-22)43-4-2)45-21-23-9-11-24-7-5-6-8-25(24)16-23/h5-14,16-19H,3-4,15,20-21H2,1-2H3,(H,37,39)/b31-18+. The number of esters is 1. The Bertz CT molecular complexity index is 1840. The average Bonchev–Trinajstić information content (AvgIpc) is 3.31. The van der Waals surface area contributed by atoms with E-state index < -0.39 is 29.6 Å². The highest BCUT2D eigenvalue weighted by Crippen LogP contribution is 2.35. The van der Waals surface area contributed by atoms with Crippen molar-refractivity contribution in [2.75, 3.05) is 25.1 Å². The second-order valence-electron chi connectivity index (χ2n) is 10.3. The molecule has 0 saturated carbocycles. The number of nitrogens with one attached hydrogen (secondary N) is 1. The van der Waals surface area contributed by atoms with Crippen LogP contribution >= 0.6 is 23.4 Å². The lowest BCUT2D eigenvalue weighted by atomic mass is 10.1. The number of amides is 3. The highest BCUT2D eigenvalue weighted by Gasteiger charge is 2.36. The fourth-order valence-corrected chi connectivity index (χ4v) is 5.69. The van der Waals surface area contributed by atoms with E-state index in [4.69, 9.17) is 25.8 Å². The first-order valence-electron chi connectivity index (χ1n) is 14.6. The fraction of sp³-hybridized carbons (Fsp3) is 0.200. The quantitative estimate of drug-likeness (QED) is 0.122. The topological polar surface area (TPSA) is 111 Å². The van der Waals surface area contributed by atoms with Gasteiger partial charge in [-0.2, -0.15) is 0 Å². The number of thioether (sulfide) groups is 1. The molecule has 0 radical (unpaired) electrons. The predicted molar refractivity (Wildman–Crippen MR) is 179 cm³/mol. The molecule has 1 heterocycles. The number of carbonyl (C=O) groups is 4. The third-order valence-corrected chi connectivity index (χ3v) is 8.09. The summed E-state index contributed by atoms with van der Waals surface area (Å²) >= 11 is 6.86. The van der Waals surface area contributed by atoms with Gasteiger partial charge in [-0.25, -0.2) is 4.79 Å².